The molecule has 0 radical (unpaired) electrons. The van der Waals surface area contributed by atoms with Crippen molar-refractivity contribution in [3.63, 3.8) is 0 Å². The third-order valence-electron chi connectivity index (χ3n) is 1.96. The van der Waals surface area contributed by atoms with Crippen molar-refractivity contribution in [2.24, 2.45) is 10.7 Å². The molecule has 1 rings (SSSR count). The minimum Gasteiger partial charge on any atom is -0.387 e. The second-order valence-electron chi connectivity index (χ2n) is 2.80. The molecule has 0 saturated carbocycles. The fraction of sp³-hybridized carbons (Fsp3) is 0.625. The van der Waals surface area contributed by atoms with Gasteiger partial charge in [-0.25, -0.2) is 0 Å². The van der Waals surface area contributed by atoms with Gasteiger partial charge in [-0.2, -0.15) is 0 Å². The molecule has 0 aromatic carbocycles. The van der Waals surface area contributed by atoms with E-state index in [0.29, 0.717) is 12.4 Å². The summed E-state index contributed by atoms with van der Waals surface area (Å²) in [6.07, 6.45) is 2.46. The fourth-order valence-corrected chi connectivity index (χ4v) is 1.28. The molecule has 0 bridgehead atoms. The minimum absolute atomic E-state index is 0.0891. The zero-order chi connectivity index (χ0) is 9.68. The van der Waals surface area contributed by atoms with Crippen LogP contribution in [0.5, 0.6) is 0 Å². The molecule has 5 heteroatoms. The first-order valence-corrected chi connectivity index (χ1v) is 4.24. The van der Waals surface area contributed by atoms with Crippen molar-refractivity contribution < 1.29 is 4.74 Å². The third kappa shape index (κ3) is 2.35. The van der Waals surface area contributed by atoms with Crippen LogP contribution in [-0.2, 0) is 4.74 Å². The molecule has 1 unspecified atom stereocenters. The van der Waals surface area contributed by atoms with Gasteiger partial charge in [-0.15, -0.1) is 0 Å². The van der Waals surface area contributed by atoms with Crippen molar-refractivity contribution in [3.05, 3.63) is 11.5 Å². The molecule has 1 aliphatic heterocycles. The van der Waals surface area contributed by atoms with Crippen molar-refractivity contribution in [2.75, 3.05) is 20.8 Å². The van der Waals surface area contributed by atoms with Gasteiger partial charge in [0.05, 0.1) is 18.1 Å². The summed E-state index contributed by atoms with van der Waals surface area (Å²) in [7, 11) is 3.52. The Labute approximate surface area is 78.0 Å². The molecular weight excluding hydrogens is 168 g/mol. The molecule has 0 aromatic rings. The average molecular weight is 184 g/mol. The Kier molecular flexibility index (Phi) is 3.57. The highest BCUT2D eigenvalue weighted by Gasteiger charge is 2.17. The van der Waals surface area contributed by atoms with Gasteiger partial charge in [0.1, 0.15) is 5.82 Å². The number of nitrogens with one attached hydrogen (secondary N) is 2. The maximum Gasteiger partial charge on any atom is 0.123 e. The Bertz CT molecular complexity index is 224. The molecule has 74 valence electrons. The molecule has 5 nitrogen and oxygen atoms in total. The lowest BCUT2D eigenvalue weighted by molar-refractivity contribution is 0.190. The van der Waals surface area contributed by atoms with Gasteiger partial charge >= 0.3 is 0 Å². The molecule has 0 amide bonds. The number of nitrogens with zero attached hydrogens (tertiary/aromatic N) is 1. The van der Waals surface area contributed by atoms with Crippen molar-refractivity contribution in [1.29, 1.82) is 0 Å². The normalized spacial score (nSPS) is 21.5. The Morgan fingerprint density at radius 3 is 3.15 bits per heavy atom. The van der Waals surface area contributed by atoms with E-state index in [2.05, 4.69) is 15.6 Å². The largest absolute Gasteiger partial charge is 0.387 e. The lowest BCUT2D eigenvalue weighted by Gasteiger charge is -2.22. The first-order valence-electron chi connectivity index (χ1n) is 4.24. The number of methoxy groups -OCH3 is 1. The molecule has 0 fully saturated rings. The van der Waals surface area contributed by atoms with E-state index in [1.807, 2.05) is 7.05 Å². The van der Waals surface area contributed by atoms with E-state index in [9.17, 15) is 0 Å². The SMILES string of the molecule is CNC1=C(N)NC=NC1CCOC. The summed E-state index contributed by atoms with van der Waals surface area (Å²) < 4.78 is 4.99. The van der Waals surface area contributed by atoms with E-state index in [0.717, 1.165) is 12.1 Å². The number of ether oxygens (including phenoxy) is 1. The molecule has 1 aliphatic rings. The molecule has 1 heterocycles. The highest BCUT2D eigenvalue weighted by Crippen LogP contribution is 2.11. The number of nitrogens with two attached hydrogens (primary N) is 1. The van der Waals surface area contributed by atoms with Gasteiger partial charge in [-0.3, -0.25) is 4.99 Å². The van der Waals surface area contributed by atoms with Gasteiger partial charge in [0, 0.05) is 20.8 Å². The first-order chi connectivity index (χ1) is 6.29. The number of hydrogen-bond donors (Lipinski definition) is 3. The minimum atomic E-state index is 0.0891. The summed E-state index contributed by atoms with van der Waals surface area (Å²) in [5.41, 5.74) is 6.66. The van der Waals surface area contributed by atoms with Crippen LogP contribution in [0.1, 0.15) is 6.42 Å². The van der Waals surface area contributed by atoms with Gasteiger partial charge in [-0.1, -0.05) is 0 Å². The van der Waals surface area contributed by atoms with Gasteiger partial charge < -0.3 is 21.1 Å². The van der Waals surface area contributed by atoms with Gasteiger partial charge in [0.15, 0.2) is 0 Å². The number of aliphatic imine (C=N–C) groups is 1. The van der Waals surface area contributed by atoms with Crippen LogP contribution >= 0.6 is 0 Å². The topological polar surface area (TPSA) is 71.7 Å². The monoisotopic (exact) mass is 184 g/mol. The van der Waals surface area contributed by atoms with Crippen LogP contribution in [0.3, 0.4) is 0 Å². The number of likely N-dealkylation sites (N-methyl/N-ethyl adjacent to an activating group) is 1. The quantitative estimate of drug-likeness (QED) is 0.544. The van der Waals surface area contributed by atoms with Crippen LogP contribution < -0.4 is 16.4 Å². The molecule has 0 aliphatic carbocycles. The lowest BCUT2D eigenvalue weighted by atomic mass is 10.1. The van der Waals surface area contributed by atoms with Crippen molar-refractivity contribution >= 4 is 6.34 Å². The maximum atomic E-state index is 5.73. The fourth-order valence-electron chi connectivity index (χ4n) is 1.28. The first kappa shape index (κ1) is 9.85. The number of rotatable bonds is 4. The second-order valence-corrected chi connectivity index (χ2v) is 2.80. The van der Waals surface area contributed by atoms with Crippen LogP contribution in [0.2, 0.25) is 0 Å². The van der Waals surface area contributed by atoms with Gasteiger partial charge in [-0.05, 0) is 6.42 Å². The number of hydrogen-bond acceptors (Lipinski definition) is 5. The Hall–Kier alpha value is -1.23. The smallest absolute Gasteiger partial charge is 0.123 e. The lowest BCUT2D eigenvalue weighted by Crippen LogP contribution is -2.35. The predicted molar refractivity (Wildman–Crippen MR) is 52.2 cm³/mol. The maximum absolute atomic E-state index is 5.73. The van der Waals surface area contributed by atoms with Crippen LogP contribution in [0.15, 0.2) is 16.5 Å². The van der Waals surface area contributed by atoms with E-state index in [1.165, 1.54) is 0 Å². The molecule has 4 N–H and O–H groups in total. The van der Waals surface area contributed by atoms with Crippen LogP contribution in [0.25, 0.3) is 0 Å². The molecule has 13 heavy (non-hydrogen) atoms. The van der Waals surface area contributed by atoms with Gasteiger partial charge in [0.25, 0.3) is 0 Å². The van der Waals surface area contributed by atoms with E-state index >= 15 is 0 Å². The molecule has 1 atom stereocenters. The highest BCUT2D eigenvalue weighted by atomic mass is 16.5. The van der Waals surface area contributed by atoms with Crippen molar-refractivity contribution in [2.45, 2.75) is 12.5 Å². The molecule has 0 spiro atoms. The molecular formula is C8H16N4O. The Morgan fingerprint density at radius 1 is 1.77 bits per heavy atom. The van der Waals surface area contributed by atoms with Crippen molar-refractivity contribution in [3.8, 4) is 0 Å². The third-order valence-corrected chi connectivity index (χ3v) is 1.96. The van der Waals surface area contributed by atoms with E-state index < -0.39 is 0 Å². The predicted octanol–water partition coefficient (Wildman–Crippen LogP) is -0.630. The van der Waals surface area contributed by atoms with Crippen molar-refractivity contribution in [1.82, 2.24) is 10.6 Å². The Balaban J connectivity index is 2.60. The van der Waals surface area contributed by atoms with E-state index in [-0.39, 0.29) is 6.04 Å². The molecule has 0 saturated heterocycles. The standard InChI is InChI=1S/C8H16N4O/c1-10-7-6(3-4-13-2)11-5-12-8(7)9/h5-6,10H,3-4,9H2,1-2H3,(H,11,12). The van der Waals surface area contributed by atoms with Crippen LogP contribution in [-0.4, -0.2) is 33.1 Å². The Morgan fingerprint density at radius 2 is 2.54 bits per heavy atom. The summed E-state index contributed by atoms with van der Waals surface area (Å²) in [4.78, 5) is 4.25. The van der Waals surface area contributed by atoms with E-state index in [4.69, 9.17) is 10.5 Å². The summed E-state index contributed by atoms with van der Waals surface area (Å²) in [5, 5.41) is 5.89. The summed E-state index contributed by atoms with van der Waals surface area (Å²) in [5.74, 6) is 0.638. The second kappa shape index (κ2) is 4.71. The highest BCUT2D eigenvalue weighted by molar-refractivity contribution is 5.60. The summed E-state index contributed by atoms with van der Waals surface area (Å²) >= 11 is 0. The van der Waals surface area contributed by atoms with Crippen LogP contribution in [0.4, 0.5) is 0 Å². The summed E-state index contributed by atoms with van der Waals surface area (Å²) in [6.45, 7) is 0.681. The van der Waals surface area contributed by atoms with Gasteiger partial charge in [0.2, 0.25) is 0 Å². The molecule has 0 aromatic heterocycles. The zero-order valence-corrected chi connectivity index (χ0v) is 8.00. The van der Waals surface area contributed by atoms with Crippen LogP contribution in [0, 0.1) is 0 Å². The summed E-state index contributed by atoms with van der Waals surface area (Å²) in [6, 6.07) is 0.0891. The zero-order valence-electron chi connectivity index (χ0n) is 8.00. The van der Waals surface area contributed by atoms with E-state index in [1.54, 1.807) is 13.4 Å². The average Bonchev–Trinajstić information content (AvgIpc) is 2.15.